The number of rotatable bonds is 3. The summed E-state index contributed by atoms with van der Waals surface area (Å²) < 4.78 is 10.8. The molecule has 1 fully saturated rings. The summed E-state index contributed by atoms with van der Waals surface area (Å²) in [4.78, 5) is 29.1. The van der Waals surface area contributed by atoms with Crippen LogP contribution in [0.15, 0.2) is 16.1 Å². The van der Waals surface area contributed by atoms with Crippen molar-refractivity contribution in [2.45, 2.75) is 38.0 Å². The fourth-order valence-corrected chi connectivity index (χ4v) is 4.07. The van der Waals surface area contributed by atoms with Crippen LogP contribution in [0.5, 0.6) is 0 Å². The highest BCUT2D eigenvalue weighted by molar-refractivity contribution is 7.14. The van der Waals surface area contributed by atoms with Crippen molar-refractivity contribution in [2.75, 3.05) is 18.5 Å². The highest BCUT2D eigenvalue weighted by Gasteiger charge is 2.28. The molecule has 7 heteroatoms. The smallest absolute Gasteiger partial charge is 0.261 e. The Hall–Kier alpha value is -1.99. The van der Waals surface area contributed by atoms with Gasteiger partial charge >= 0.3 is 0 Å². The van der Waals surface area contributed by atoms with Crippen LogP contribution >= 0.6 is 11.3 Å². The number of ether oxygens (including phenoxy) is 1. The Balaban J connectivity index is 1.50. The maximum Gasteiger partial charge on any atom is 0.261 e. The van der Waals surface area contributed by atoms with Gasteiger partial charge in [0.2, 0.25) is 0 Å². The van der Waals surface area contributed by atoms with Gasteiger partial charge in [-0.1, -0.05) is 0 Å². The molecule has 1 amide bonds. The lowest BCUT2D eigenvalue weighted by molar-refractivity contribution is 0.0846. The van der Waals surface area contributed by atoms with E-state index in [0.29, 0.717) is 40.8 Å². The van der Waals surface area contributed by atoms with E-state index in [4.69, 9.17) is 9.15 Å². The predicted molar refractivity (Wildman–Crippen MR) is 88.8 cm³/mol. The second kappa shape index (κ2) is 6.49. The molecule has 6 nitrogen and oxygen atoms in total. The zero-order chi connectivity index (χ0) is 16.5. The number of carbonyl (C=O) groups excluding carboxylic acids is 2. The molecule has 0 atom stereocenters. The van der Waals surface area contributed by atoms with Crippen molar-refractivity contribution < 1.29 is 18.7 Å². The lowest BCUT2D eigenvalue weighted by Gasteiger charge is -2.19. The molecule has 0 saturated carbocycles. The molecule has 2 aliphatic rings. The molecule has 24 heavy (non-hydrogen) atoms. The summed E-state index contributed by atoms with van der Waals surface area (Å²) in [5, 5.41) is 5.34. The summed E-state index contributed by atoms with van der Waals surface area (Å²) >= 11 is 1.41. The molecule has 3 heterocycles. The van der Waals surface area contributed by atoms with Gasteiger partial charge in [0.05, 0.1) is 16.8 Å². The van der Waals surface area contributed by atoms with Crippen molar-refractivity contribution in [2.24, 2.45) is 0 Å². The van der Waals surface area contributed by atoms with Gasteiger partial charge in [-0.2, -0.15) is 0 Å². The third kappa shape index (κ3) is 2.89. The molecule has 4 rings (SSSR count). The molecule has 2 aromatic heterocycles. The van der Waals surface area contributed by atoms with Gasteiger partial charge in [0.25, 0.3) is 5.91 Å². The topological polar surface area (TPSA) is 81.4 Å². The average Bonchev–Trinajstić information content (AvgIpc) is 3.23. The van der Waals surface area contributed by atoms with Gasteiger partial charge in [0, 0.05) is 37.4 Å². The van der Waals surface area contributed by atoms with Crippen LogP contribution in [0, 0.1) is 0 Å². The maximum absolute atomic E-state index is 12.5. The van der Waals surface area contributed by atoms with Crippen molar-refractivity contribution in [3.63, 3.8) is 0 Å². The lowest BCUT2D eigenvalue weighted by Crippen LogP contribution is -2.18. The van der Waals surface area contributed by atoms with Crippen LogP contribution in [-0.4, -0.2) is 29.9 Å². The second-order valence-electron chi connectivity index (χ2n) is 6.14. The van der Waals surface area contributed by atoms with E-state index in [1.54, 1.807) is 0 Å². The molecule has 126 valence electrons. The first-order valence-electron chi connectivity index (χ1n) is 8.20. The minimum absolute atomic E-state index is 0.0165. The maximum atomic E-state index is 12.5. The molecule has 1 N–H and O–H groups in total. The molecule has 0 radical (unpaired) electrons. The number of thiazole rings is 1. The second-order valence-corrected chi connectivity index (χ2v) is 7.00. The molecule has 1 aliphatic heterocycles. The largest absolute Gasteiger partial charge is 0.468 e. The first-order valence-corrected chi connectivity index (χ1v) is 9.08. The monoisotopic (exact) mass is 346 g/mol. The summed E-state index contributed by atoms with van der Waals surface area (Å²) in [5.41, 5.74) is 1.77. The summed E-state index contributed by atoms with van der Waals surface area (Å²) in [6.07, 6.45) is 5.26. The van der Waals surface area contributed by atoms with Crippen LogP contribution < -0.4 is 5.32 Å². The number of Topliss-reactive ketones (excluding diaryl/α,β-unsaturated/α-hetero) is 1. The number of hydrogen-bond donors (Lipinski definition) is 1. The van der Waals surface area contributed by atoms with Crippen molar-refractivity contribution in [3.8, 4) is 0 Å². The third-order valence-electron chi connectivity index (χ3n) is 4.58. The van der Waals surface area contributed by atoms with Gasteiger partial charge in [0.1, 0.15) is 12.0 Å². The van der Waals surface area contributed by atoms with E-state index in [1.165, 1.54) is 17.6 Å². The molecular weight excluding hydrogens is 328 g/mol. The van der Waals surface area contributed by atoms with Gasteiger partial charge < -0.3 is 9.15 Å². The van der Waals surface area contributed by atoms with Crippen LogP contribution in [0.1, 0.15) is 63.8 Å². The standard InChI is InChI=1S/C17H18N2O4S/c20-13-2-1-3-14-15(13)11(8-23-14)16(21)19-17-18-12(9-24-17)10-4-6-22-7-5-10/h8-10H,1-7H2,(H,18,19,21). The first-order chi connectivity index (χ1) is 11.7. The number of amides is 1. The normalized spacial score (nSPS) is 18.4. The van der Waals surface area contributed by atoms with E-state index in [2.05, 4.69) is 10.3 Å². The minimum Gasteiger partial charge on any atom is -0.468 e. The Labute approximate surface area is 143 Å². The molecule has 2 aromatic rings. The summed E-state index contributed by atoms with van der Waals surface area (Å²) in [7, 11) is 0. The SMILES string of the molecule is O=C(Nc1nc(C2CCOCC2)cs1)c1coc2c1C(=O)CCC2. The number of ketones is 1. The number of carbonyl (C=O) groups is 2. The van der Waals surface area contributed by atoms with Crippen LogP contribution in [0.25, 0.3) is 0 Å². The molecule has 1 aliphatic carbocycles. The quantitative estimate of drug-likeness (QED) is 0.921. The van der Waals surface area contributed by atoms with Crippen LogP contribution in [0.3, 0.4) is 0 Å². The van der Waals surface area contributed by atoms with Gasteiger partial charge in [-0.05, 0) is 19.3 Å². The summed E-state index contributed by atoms with van der Waals surface area (Å²) in [6, 6.07) is 0. The third-order valence-corrected chi connectivity index (χ3v) is 5.36. The van der Waals surface area contributed by atoms with Crippen LogP contribution in [0.2, 0.25) is 0 Å². The average molecular weight is 346 g/mol. The van der Waals surface area contributed by atoms with Crippen molar-refractivity contribution in [3.05, 3.63) is 34.2 Å². The summed E-state index contributed by atoms with van der Waals surface area (Å²) in [5.74, 6) is 0.669. The number of nitrogens with one attached hydrogen (secondary N) is 1. The Morgan fingerprint density at radius 3 is 2.96 bits per heavy atom. The van der Waals surface area contributed by atoms with Crippen molar-refractivity contribution in [1.29, 1.82) is 0 Å². The van der Waals surface area contributed by atoms with E-state index in [9.17, 15) is 9.59 Å². The minimum atomic E-state index is -0.330. The molecule has 0 unspecified atom stereocenters. The fourth-order valence-electron chi connectivity index (χ4n) is 3.28. The number of anilines is 1. The Bertz CT molecular complexity index is 773. The van der Waals surface area contributed by atoms with Gasteiger partial charge in [-0.15, -0.1) is 11.3 Å². The van der Waals surface area contributed by atoms with E-state index in [-0.39, 0.29) is 11.7 Å². The fraction of sp³-hybridized carbons (Fsp3) is 0.471. The molecule has 0 spiro atoms. The Kier molecular flexibility index (Phi) is 4.20. The van der Waals surface area contributed by atoms with E-state index < -0.39 is 0 Å². The number of nitrogens with zero attached hydrogens (tertiary/aromatic N) is 1. The first kappa shape index (κ1) is 15.5. The van der Waals surface area contributed by atoms with Gasteiger partial charge in [-0.3, -0.25) is 14.9 Å². The van der Waals surface area contributed by atoms with Gasteiger partial charge in [-0.25, -0.2) is 4.98 Å². The Morgan fingerprint density at radius 2 is 2.12 bits per heavy atom. The van der Waals surface area contributed by atoms with E-state index >= 15 is 0 Å². The van der Waals surface area contributed by atoms with E-state index in [0.717, 1.165) is 38.2 Å². The lowest BCUT2D eigenvalue weighted by atomic mass is 9.94. The van der Waals surface area contributed by atoms with Gasteiger partial charge in [0.15, 0.2) is 10.9 Å². The zero-order valence-corrected chi connectivity index (χ0v) is 14.0. The van der Waals surface area contributed by atoms with Crippen molar-refractivity contribution >= 4 is 28.2 Å². The number of aryl methyl sites for hydroxylation is 1. The van der Waals surface area contributed by atoms with Crippen molar-refractivity contribution in [1.82, 2.24) is 4.98 Å². The van der Waals surface area contributed by atoms with Crippen LogP contribution in [0.4, 0.5) is 5.13 Å². The van der Waals surface area contributed by atoms with E-state index in [1.807, 2.05) is 5.38 Å². The number of aromatic nitrogens is 1. The molecular formula is C17H18N2O4S. The number of hydrogen-bond acceptors (Lipinski definition) is 6. The number of furan rings is 1. The molecule has 0 bridgehead atoms. The molecule has 1 saturated heterocycles. The predicted octanol–water partition coefficient (Wildman–Crippen LogP) is 3.40. The zero-order valence-electron chi connectivity index (χ0n) is 13.2. The summed E-state index contributed by atoms with van der Waals surface area (Å²) in [6.45, 7) is 1.51. The van der Waals surface area contributed by atoms with Crippen LogP contribution in [-0.2, 0) is 11.2 Å². The highest BCUT2D eigenvalue weighted by Crippen LogP contribution is 2.31. The Morgan fingerprint density at radius 1 is 1.29 bits per heavy atom. The molecule has 0 aromatic carbocycles. The number of fused-ring (bicyclic) bond motifs is 1. The highest BCUT2D eigenvalue weighted by atomic mass is 32.1.